The summed E-state index contributed by atoms with van der Waals surface area (Å²) < 4.78 is 0. The number of fused-ring (bicyclic) bond motifs is 1. The van der Waals surface area contributed by atoms with Crippen LogP contribution in [0.2, 0.25) is 10.0 Å². The fourth-order valence-electron chi connectivity index (χ4n) is 4.77. The molecule has 2 heterocycles. The van der Waals surface area contributed by atoms with Gasteiger partial charge in [0.15, 0.2) is 0 Å². The molecule has 0 unspecified atom stereocenters. The maximum Gasteiger partial charge on any atom is 0.245 e. The summed E-state index contributed by atoms with van der Waals surface area (Å²) in [5.74, 6) is 0.570. The fraction of sp³-hybridized carbons (Fsp3) is 0.423. The standard InChI is InChI=1S/C26H30Cl2N4O2/c1-16(2)22(31-23-20-13-19(28)9-10-21(20)29-15-30-23)24(33)32-12-11-26(34,25(3,4)14-32)17-5-7-18(27)8-6-17/h5-10,13,15-16,22,34H,11-12,14H2,1-4H3,(H,29,30,31)/t22-,26+/m1/s1. The Labute approximate surface area is 210 Å². The molecule has 1 fully saturated rings. The van der Waals surface area contributed by atoms with Crippen molar-refractivity contribution < 1.29 is 9.90 Å². The highest BCUT2D eigenvalue weighted by Gasteiger charge is 2.50. The minimum Gasteiger partial charge on any atom is -0.384 e. The highest BCUT2D eigenvalue weighted by molar-refractivity contribution is 6.31. The molecular formula is C26H30Cl2N4O2. The van der Waals surface area contributed by atoms with Gasteiger partial charge in [-0.05, 0) is 48.2 Å². The van der Waals surface area contributed by atoms with Gasteiger partial charge >= 0.3 is 0 Å². The van der Waals surface area contributed by atoms with Crippen LogP contribution in [0.3, 0.4) is 0 Å². The van der Waals surface area contributed by atoms with Crippen LogP contribution in [0.5, 0.6) is 0 Å². The first-order chi connectivity index (χ1) is 16.0. The Hall–Kier alpha value is -2.41. The van der Waals surface area contributed by atoms with Crippen LogP contribution in [-0.2, 0) is 10.4 Å². The van der Waals surface area contributed by atoms with Crippen molar-refractivity contribution in [3.63, 3.8) is 0 Å². The van der Waals surface area contributed by atoms with E-state index < -0.39 is 17.1 Å². The number of nitrogens with one attached hydrogen (secondary N) is 1. The van der Waals surface area contributed by atoms with Crippen molar-refractivity contribution in [2.75, 3.05) is 18.4 Å². The Kier molecular flexibility index (Phi) is 6.78. The Morgan fingerprint density at radius 3 is 2.41 bits per heavy atom. The molecule has 2 atom stereocenters. The summed E-state index contributed by atoms with van der Waals surface area (Å²) in [6.45, 7) is 8.88. The molecule has 1 saturated heterocycles. The number of aromatic nitrogens is 2. The number of carbonyl (C=O) groups is 1. The molecule has 0 aliphatic carbocycles. The lowest BCUT2D eigenvalue weighted by Gasteiger charge is -2.51. The predicted molar refractivity (Wildman–Crippen MR) is 137 cm³/mol. The lowest BCUT2D eigenvalue weighted by Crippen LogP contribution is -2.59. The van der Waals surface area contributed by atoms with Crippen LogP contribution in [0.15, 0.2) is 48.8 Å². The van der Waals surface area contributed by atoms with Crippen molar-refractivity contribution in [1.82, 2.24) is 14.9 Å². The number of nitrogens with zero attached hydrogens (tertiary/aromatic N) is 3. The molecule has 1 amide bonds. The fourth-order valence-corrected chi connectivity index (χ4v) is 5.07. The average molecular weight is 501 g/mol. The molecule has 2 N–H and O–H groups in total. The van der Waals surface area contributed by atoms with Gasteiger partial charge in [0.05, 0.1) is 11.1 Å². The summed E-state index contributed by atoms with van der Waals surface area (Å²) in [5, 5.41) is 17.0. The van der Waals surface area contributed by atoms with Gasteiger partial charge in [0.1, 0.15) is 18.2 Å². The molecule has 3 aromatic rings. The summed E-state index contributed by atoms with van der Waals surface area (Å²) in [6.07, 6.45) is 1.92. The Morgan fingerprint density at radius 1 is 1.09 bits per heavy atom. The molecule has 0 bridgehead atoms. The van der Waals surface area contributed by atoms with E-state index in [4.69, 9.17) is 23.2 Å². The molecule has 0 spiro atoms. The number of benzene rings is 2. The number of carbonyl (C=O) groups excluding carboxylic acids is 1. The van der Waals surface area contributed by atoms with Gasteiger partial charge in [-0.1, -0.05) is 63.0 Å². The summed E-state index contributed by atoms with van der Waals surface area (Å²) in [6, 6.07) is 12.2. The van der Waals surface area contributed by atoms with Crippen LogP contribution in [0.4, 0.5) is 5.82 Å². The second-order valence-corrected chi connectivity index (χ2v) is 10.9. The monoisotopic (exact) mass is 500 g/mol. The zero-order chi connectivity index (χ0) is 24.7. The number of aliphatic hydroxyl groups is 1. The van der Waals surface area contributed by atoms with Crippen LogP contribution in [0, 0.1) is 11.3 Å². The highest BCUT2D eigenvalue weighted by atomic mass is 35.5. The summed E-state index contributed by atoms with van der Waals surface area (Å²) in [7, 11) is 0. The van der Waals surface area contributed by atoms with E-state index in [9.17, 15) is 9.90 Å². The summed E-state index contributed by atoms with van der Waals surface area (Å²) >= 11 is 12.3. The van der Waals surface area contributed by atoms with Crippen molar-refractivity contribution in [2.45, 2.75) is 45.8 Å². The van der Waals surface area contributed by atoms with E-state index in [0.29, 0.717) is 35.4 Å². The van der Waals surface area contributed by atoms with Gasteiger partial charge in [0.25, 0.3) is 0 Å². The first-order valence-corrected chi connectivity index (χ1v) is 12.2. The van der Waals surface area contributed by atoms with Gasteiger partial charge in [-0.2, -0.15) is 0 Å². The number of hydrogen-bond donors (Lipinski definition) is 2. The third-order valence-corrected chi connectivity index (χ3v) is 7.39. The molecular weight excluding hydrogens is 471 g/mol. The molecule has 34 heavy (non-hydrogen) atoms. The Morgan fingerprint density at radius 2 is 1.76 bits per heavy atom. The third kappa shape index (κ3) is 4.59. The highest BCUT2D eigenvalue weighted by Crippen LogP contribution is 2.46. The second-order valence-electron chi connectivity index (χ2n) is 10.0. The molecule has 1 aromatic heterocycles. The summed E-state index contributed by atoms with van der Waals surface area (Å²) in [5.41, 5.74) is -0.0546. The van der Waals surface area contributed by atoms with Gasteiger partial charge in [-0.25, -0.2) is 9.97 Å². The Balaban J connectivity index is 1.58. The Bertz CT molecular complexity index is 1200. The van der Waals surface area contributed by atoms with Crippen LogP contribution in [-0.4, -0.2) is 45.0 Å². The van der Waals surface area contributed by atoms with Crippen molar-refractivity contribution in [2.24, 2.45) is 11.3 Å². The average Bonchev–Trinajstić information content (AvgIpc) is 2.79. The van der Waals surface area contributed by atoms with Gasteiger partial charge in [-0.15, -0.1) is 0 Å². The number of rotatable bonds is 5. The largest absolute Gasteiger partial charge is 0.384 e. The predicted octanol–water partition coefficient (Wildman–Crippen LogP) is 5.52. The first kappa shape index (κ1) is 24.7. The number of piperidine rings is 1. The maximum atomic E-state index is 13.7. The van der Waals surface area contributed by atoms with Crippen molar-refractivity contribution >= 4 is 45.8 Å². The normalized spacial score (nSPS) is 21.0. The molecule has 1 aliphatic heterocycles. The lowest BCUT2D eigenvalue weighted by molar-refractivity contribution is -0.154. The van der Waals surface area contributed by atoms with Gasteiger partial charge < -0.3 is 15.3 Å². The van der Waals surface area contributed by atoms with E-state index in [2.05, 4.69) is 15.3 Å². The second kappa shape index (κ2) is 9.33. The van der Waals surface area contributed by atoms with Crippen LogP contribution < -0.4 is 5.32 Å². The molecule has 8 heteroatoms. The van der Waals surface area contributed by atoms with E-state index in [0.717, 1.165) is 16.5 Å². The molecule has 180 valence electrons. The van der Waals surface area contributed by atoms with Crippen molar-refractivity contribution in [1.29, 1.82) is 0 Å². The van der Waals surface area contributed by atoms with E-state index in [1.54, 1.807) is 24.3 Å². The molecule has 1 aliphatic rings. The van der Waals surface area contributed by atoms with Crippen LogP contribution in [0.1, 0.15) is 39.7 Å². The van der Waals surface area contributed by atoms with E-state index in [-0.39, 0.29) is 11.8 Å². The number of hydrogen-bond acceptors (Lipinski definition) is 5. The molecule has 4 rings (SSSR count). The van der Waals surface area contributed by atoms with Crippen molar-refractivity contribution in [3.8, 4) is 0 Å². The molecule has 2 aromatic carbocycles. The molecule has 0 radical (unpaired) electrons. The zero-order valence-corrected chi connectivity index (χ0v) is 21.4. The number of likely N-dealkylation sites (tertiary alicyclic amines) is 1. The number of anilines is 1. The van der Waals surface area contributed by atoms with E-state index in [1.165, 1.54) is 6.33 Å². The van der Waals surface area contributed by atoms with Crippen LogP contribution in [0.25, 0.3) is 10.9 Å². The van der Waals surface area contributed by atoms with Gasteiger partial charge in [0.2, 0.25) is 5.91 Å². The van der Waals surface area contributed by atoms with Gasteiger partial charge in [0, 0.05) is 33.9 Å². The molecule has 0 saturated carbocycles. The lowest BCUT2D eigenvalue weighted by atomic mass is 9.66. The zero-order valence-electron chi connectivity index (χ0n) is 19.8. The van der Waals surface area contributed by atoms with Crippen LogP contribution >= 0.6 is 23.2 Å². The first-order valence-electron chi connectivity index (χ1n) is 11.5. The molecule has 6 nitrogen and oxygen atoms in total. The van der Waals surface area contributed by atoms with E-state index >= 15 is 0 Å². The van der Waals surface area contributed by atoms with Gasteiger partial charge in [-0.3, -0.25) is 4.79 Å². The number of halogens is 2. The summed E-state index contributed by atoms with van der Waals surface area (Å²) in [4.78, 5) is 24.3. The van der Waals surface area contributed by atoms with E-state index in [1.807, 2.05) is 50.8 Å². The number of amides is 1. The minimum atomic E-state index is -1.06. The maximum absolute atomic E-state index is 13.7. The minimum absolute atomic E-state index is 0.0110. The third-order valence-electron chi connectivity index (χ3n) is 6.91. The van der Waals surface area contributed by atoms with Crippen molar-refractivity contribution in [3.05, 3.63) is 64.4 Å². The SMILES string of the molecule is CC(C)[C@@H](Nc1ncnc2ccc(Cl)cc12)C(=O)N1CC[C@](O)(c2ccc(Cl)cc2)C(C)(C)C1. The smallest absolute Gasteiger partial charge is 0.245 e. The quantitative estimate of drug-likeness (QED) is 0.482. The topological polar surface area (TPSA) is 78.4 Å².